The third kappa shape index (κ3) is 3.47. The van der Waals surface area contributed by atoms with E-state index in [1.165, 1.54) is 6.07 Å². The van der Waals surface area contributed by atoms with Crippen LogP contribution >= 0.6 is 0 Å². The minimum absolute atomic E-state index is 0.395. The molecule has 1 aliphatic heterocycles. The van der Waals surface area contributed by atoms with Crippen LogP contribution in [-0.2, 0) is 15.5 Å². The van der Waals surface area contributed by atoms with Crippen LogP contribution < -0.4 is 10.8 Å². The highest BCUT2D eigenvalue weighted by Crippen LogP contribution is 2.28. The maximum Gasteiger partial charge on any atom is 0.493 e. The van der Waals surface area contributed by atoms with Crippen LogP contribution in [0.25, 0.3) is 0 Å². The van der Waals surface area contributed by atoms with Gasteiger partial charge in [0.1, 0.15) is 0 Å². The summed E-state index contributed by atoms with van der Waals surface area (Å²) in [6.07, 6.45) is -4.35. The molecule has 1 aromatic carbocycles. The van der Waals surface area contributed by atoms with E-state index in [9.17, 15) is 13.2 Å². The van der Waals surface area contributed by atoms with E-state index in [1.807, 2.05) is 0 Å². The van der Waals surface area contributed by atoms with Crippen molar-refractivity contribution in [1.82, 2.24) is 5.32 Å². The number of alkyl halides is 3. The fourth-order valence-corrected chi connectivity index (χ4v) is 1.70. The fraction of sp³-hybridized carbons (Fsp3) is 0.455. The molecule has 1 aliphatic rings. The zero-order valence-corrected chi connectivity index (χ0v) is 9.67. The van der Waals surface area contributed by atoms with Crippen LogP contribution in [0.1, 0.15) is 5.56 Å². The Bertz CT molecular complexity index is 392. The molecule has 0 spiro atoms. The Hall–Kier alpha value is -1.05. The summed E-state index contributed by atoms with van der Waals surface area (Å²) < 4.78 is 48.5. The van der Waals surface area contributed by atoms with Crippen molar-refractivity contribution >= 4 is 12.6 Å². The first-order valence-electron chi connectivity index (χ1n) is 5.68. The average Bonchev–Trinajstić information content (AvgIpc) is 2.27. The van der Waals surface area contributed by atoms with Gasteiger partial charge >= 0.3 is 13.3 Å². The predicted octanol–water partition coefficient (Wildman–Crippen LogP) is 1.04. The molecular formula is C11H13BF3NO2. The molecule has 0 bridgehead atoms. The molecule has 18 heavy (non-hydrogen) atoms. The lowest BCUT2D eigenvalue weighted by molar-refractivity contribution is -0.137. The molecule has 1 heterocycles. The van der Waals surface area contributed by atoms with E-state index < -0.39 is 18.9 Å². The van der Waals surface area contributed by atoms with E-state index in [0.717, 1.165) is 12.1 Å². The molecular weight excluding hydrogens is 246 g/mol. The summed E-state index contributed by atoms with van der Waals surface area (Å²) in [6.45, 7) is 2.14. The molecule has 0 radical (unpaired) electrons. The minimum atomic E-state index is -4.35. The molecule has 3 nitrogen and oxygen atoms in total. The molecule has 98 valence electrons. The molecule has 1 saturated heterocycles. The minimum Gasteiger partial charge on any atom is -0.406 e. The van der Waals surface area contributed by atoms with Crippen molar-refractivity contribution in [3.05, 3.63) is 29.8 Å². The van der Waals surface area contributed by atoms with Crippen molar-refractivity contribution in [2.75, 3.05) is 26.3 Å². The lowest BCUT2D eigenvalue weighted by Crippen LogP contribution is -2.43. The fourth-order valence-electron chi connectivity index (χ4n) is 1.70. The molecule has 2 rings (SSSR count). The largest absolute Gasteiger partial charge is 0.493 e. The zero-order valence-electron chi connectivity index (χ0n) is 9.67. The summed E-state index contributed by atoms with van der Waals surface area (Å²) in [7, 11) is -0.727. The van der Waals surface area contributed by atoms with Crippen molar-refractivity contribution in [2.45, 2.75) is 6.18 Å². The van der Waals surface area contributed by atoms with E-state index in [1.54, 1.807) is 6.07 Å². The summed E-state index contributed by atoms with van der Waals surface area (Å²) in [5.74, 6) is 0. The van der Waals surface area contributed by atoms with Gasteiger partial charge in [0.25, 0.3) is 0 Å². The smallest absolute Gasteiger partial charge is 0.406 e. The molecule has 0 unspecified atom stereocenters. The maximum absolute atomic E-state index is 12.6. The van der Waals surface area contributed by atoms with Gasteiger partial charge in [0.15, 0.2) is 0 Å². The van der Waals surface area contributed by atoms with E-state index in [-0.39, 0.29) is 0 Å². The van der Waals surface area contributed by atoms with Crippen molar-refractivity contribution in [3.63, 3.8) is 0 Å². The zero-order chi connectivity index (χ0) is 13.0. The molecule has 0 saturated carbocycles. The first-order chi connectivity index (χ1) is 8.57. The Morgan fingerprint density at radius 2 is 1.78 bits per heavy atom. The van der Waals surface area contributed by atoms with E-state index in [4.69, 9.17) is 9.31 Å². The number of rotatable bonds is 1. The standard InChI is InChI=1S/C11H13BF3NO2/c13-11(14,15)9-2-1-3-10(8-9)12-17-6-4-16-5-7-18-12/h1-3,8,16H,4-7H2. The monoisotopic (exact) mass is 259 g/mol. The van der Waals surface area contributed by atoms with Gasteiger partial charge in [-0.3, -0.25) is 0 Å². The Balaban J connectivity index is 2.16. The Morgan fingerprint density at radius 3 is 2.39 bits per heavy atom. The number of hydrogen-bond acceptors (Lipinski definition) is 3. The van der Waals surface area contributed by atoms with Gasteiger partial charge in [-0.15, -0.1) is 0 Å². The number of hydrogen-bond donors (Lipinski definition) is 1. The molecule has 7 heteroatoms. The van der Waals surface area contributed by atoms with E-state index in [0.29, 0.717) is 31.8 Å². The van der Waals surface area contributed by atoms with Gasteiger partial charge in [-0.2, -0.15) is 13.2 Å². The lowest BCUT2D eigenvalue weighted by Gasteiger charge is -2.19. The Labute approximate surface area is 103 Å². The molecule has 0 aromatic heterocycles. The molecule has 1 fully saturated rings. The van der Waals surface area contributed by atoms with Gasteiger partial charge < -0.3 is 14.6 Å². The van der Waals surface area contributed by atoms with Gasteiger partial charge in [-0.1, -0.05) is 24.3 Å². The first kappa shape index (κ1) is 13.4. The van der Waals surface area contributed by atoms with Crippen LogP contribution in [0, 0.1) is 0 Å². The number of nitrogens with one attached hydrogen (secondary N) is 1. The first-order valence-corrected chi connectivity index (χ1v) is 5.68. The third-order valence-corrected chi connectivity index (χ3v) is 2.58. The van der Waals surface area contributed by atoms with Crippen LogP contribution in [0.2, 0.25) is 0 Å². The van der Waals surface area contributed by atoms with Crippen LogP contribution in [-0.4, -0.2) is 33.4 Å². The maximum atomic E-state index is 12.6. The van der Waals surface area contributed by atoms with Crippen molar-refractivity contribution in [1.29, 1.82) is 0 Å². The topological polar surface area (TPSA) is 30.5 Å². The summed E-state index contributed by atoms with van der Waals surface area (Å²) in [6, 6.07) is 5.05. The van der Waals surface area contributed by atoms with Crippen molar-refractivity contribution in [3.8, 4) is 0 Å². The second kappa shape index (κ2) is 5.73. The third-order valence-electron chi connectivity index (χ3n) is 2.58. The van der Waals surface area contributed by atoms with Crippen LogP contribution in [0.3, 0.4) is 0 Å². The molecule has 1 aromatic rings. The molecule has 0 atom stereocenters. The van der Waals surface area contributed by atoms with Crippen molar-refractivity contribution in [2.24, 2.45) is 0 Å². The second-order valence-electron chi connectivity index (χ2n) is 3.95. The van der Waals surface area contributed by atoms with Crippen LogP contribution in [0.5, 0.6) is 0 Å². The van der Waals surface area contributed by atoms with Gasteiger partial charge in [0, 0.05) is 26.3 Å². The summed E-state index contributed by atoms with van der Waals surface area (Å²) >= 11 is 0. The Morgan fingerprint density at radius 1 is 1.11 bits per heavy atom. The SMILES string of the molecule is FC(F)(F)c1cccc(B2OCCNCCO2)c1. The summed E-state index contributed by atoms with van der Waals surface area (Å²) in [5, 5.41) is 3.06. The average molecular weight is 259 g/mol. The highest BCUT2D eigenvalue weighted by Gasteiger charge is 2.32. The van der Waals surface area contributed by atoms with Gasteiger partial charge in [0.05, 0.1) is 5.56 Å². The lowest BCUT2D eigenvalue weighted by atomic mass is 9.78. The van der Waals surface area contributed by atoms with Crippen LogP contribution in [0.4, 0.5) is 13.2 Å². The van der Waals surface area contributed by atoms with Crippen LogP contribution in [0.15, 0.2) is 24.3 Å². The van der Waals surface area contributed by atoms with E-state index >= 15 is 0 Å². The predicted molar refractivity (Wildman–Crippen MR) is 61.6 cm³/mol. The second-order valence-corrected chi connectivity index (χ2v) is 3.95. The molecule has 0 amide bonds. The highest BCUT2D eigenvalue weighted by atomic mass is 19.4. The van der Waals surface area contributed by atoms with E-state index in [2.05, 4.69) is 5.32 Å². The van der Waals surface area contributed by atoms with Gasteiger partial charge in [0.2, 0.25) is 0 Å². The molecule has 0 aliphatic carbocycles. The highest BCUT2D eigenvalue weighted by molar-refractivity contribution is 6.61. The summed E-state index contributed by atoms with van der Waals surface area (Å²) in [4.78, 5) is 0. The molecule has 1 N–H and O–H groups in total. The Kier molecular flexibility index (Phi) is 4.26. The van der Waals surface area contributed by atoms with Gasteiger partial charge in [-0.25, -0.2) is 0 Å². The normalized spacial score (nSPS) is 18.3. The summed E-state index contributed by atoms with van der Waals surface area (Å²) in [5.41, 5.74) is -0.292. The van der Waals surface area contributed by atoms with Crippen molar-refractivity contribution < 1.29 is 22.5 Å². The van der Waals surface area contributed by atoms with Gasteiger partial charge in [-0.05, 0) is 5.46 Å². The quantitative estimate of drug-likeness (QED) is 0.764. The number of benzene rings is 1. The number of halogens is 3.